The number of esters is 1. The molecule has 3 N–H and O–H groups in total. The highest BCUT2D eigenvalue weighted by Crippen LogP contribution is 2.43. The second-order valence-electron chi connectivity index (χ2n) is 10.9. The van der Waals surface area contributed by atoms with Crippen LogP contribution in [0.2, 0.25) is 0 Å². The maximum absolute atomic E-state index is 14.2. The van der Waals surface area contributed by atoms with Crippen LogP contribution in [0.25, 0.3) is 27.9 Å². The molecular weight excluding hydrogens is 586 g/mol. The summed E-state index contributed by atoms with van der Waals surface area (Å²) in [5.74, 6) is 0.288. The first-order valence-corrected chi connectivity index (χ1v) is 15.7. The van der Waals surface area contributed by atoms with Crippen LogP contribution >= 0.6 is 11.3 Å². The predicted molar refractivity (Wildman–Crippen MR) is 177 cm³/mol. The van der Waals surface area contributed by atoms with Crippen LogP contribution in [0.4, 0.5) is 10.8 Å². The first kappa shape index (κ1) is 28.5. The largest absolute Gasteiger partial charge is 0.497 e. The van der Waals surface area contributed by atoms with E-state index in [0.717, 1.165) is 23.3 Å². The van der Waals surface area contributed by atoms with E-state index in [1.54, 1.807) is 18.6 Å². The van der Waals surface area contributed by atoms with Crippen molar-refractivity contribution in [3.63, 3.8) is 0 Å². The second kappa shape index (κ2) is 11.7. The van der Waals surface area contributed by atoms with Gasteiger partial charge in [0.15, 0.2) is 5.65 Å². The fourth-order valence-corrected chi connectivity index (χ4v) is 7.46. The van der Waals surface area contributed by atoms with Gasteiger partial charge in [-0.05, 0) is 79.6 Å². The Hall–Kier alpha value is -5.22. The fourth-order valence-electron chi connectivity index (χ4n) is 6.15. The molecular formula is C35H31N5O4S. The van der Waals surface area contributed by atoms with Crippen LogP contribution in [0.5, 0.6) is 5.75 Å². The molecule has 45 heavy (non-hydrogen) atoms. The molecule has 1 amide bonds. The van der Waals surface area contributed by atoms with E-state index >= 15 is 0 Å². The molecule has 1 atom stereocenters. The Morgan fingerprint density at radius 1 is 0.978 bits per heavy atom. The molecule has 0 spiro atoms. The van der Waals surface area contributed by atoms with Crippen molar-refractivity contribution in [2.24, 2.45) is 0 Å². The molecule has 3 aromatic carbocycles. The van der Waals surface area contributed by atoms with Crippen molar-refractivity contribution in [2.45, 2.75) is 32.1 Å². The topological polar surface area (TPSA) is 121 Å². The number of nitrogen functional groups attached to an aromatic ring is 1. The molecule has 1 aliphatic rings. The average molecular weight is 618 g/mol. The molecule has 0 saturated heterocycles. The van der Waals surface area contributed by atoms with E-state index in [4.69, 9.17) is 25.2 Å². The molecule has 6 aromatic rings. The van der Waals surface area contributed by atoms with Gasteiger partial charge in [0.1, 0.15) is 27.6 Å². The molecule has 7 rings (SSSR count). The lowest BCUT2D eigenvalue weighted by molar-refractivity contribution is 0.0526. The number of ether oxygens (including phenoxy) is 2. The third-order valence-corrected chi connectivity index (χ3v) is 9.47. The minimum absolute atomic E-state index is 0.183. The van der Waals surface area contributed by atoms with Gasteiger partial charge in [-0.3, -0.25) is 9.36 Å². The minimum Gasteiger partial charge on any atom is -0.497 e. The Bertz CT molecular complexity index is 2070. The standard InChI is InChI=1S/C35H31N5O4S/c1-3-44-35(42)28-24-18-13-21(20-9-5-4-6-10-20)19-27(24)45-34(28)39-33(41)29-30-32(38-26-12-8-7-11-25(26)37-30)40(31(29)36)22-14-16-23(43-2)17-15-22/h4-12,14-17,21H,3,13,18-19,36H2,1-2H3,(H,39,41)/t21-/m0/s1. The van der Waals surface area contributed by atoms with E-state index in [9.17, 15) is 9.59 Å². The van der Waals surface area contributed by atoms with Crippen LogP contribution in [-0.4, -0.2) is 40.1 Å². The molecule has 0 aliphatic heterocycles. The molecule has 0 fully saturated rings. The van der Waals surface area contributed by atoms with Crippen molar-refractivity contribution < 1.29 is 19.1 Å². The quantitative estimate of drug-likeness (QED) is 0.186. The molecule has 226 valence electrons. The van der Waals surface area contributed by atoms with E-state index in [1.807, 2.05) is 66.7 Å². The highest BCUT2D eigenvalue weighted by Gasteiger charge is 2.32. The van der Waals surface area contributed by atoms with Crippen LogP contribution < -0.4 is 15.8 Å². The number of nitrogens with two attached hydrogens (primary N) is 1. The molecule has 10 heteroatoms. The first-order chi connectivity index (χ1) is 22.0. The van der Waals surface area contributed by atoms with Gasteiger partial charge in [-0.25, -0.2) is 14.8 Å². The average Bonchev–Trinajstić information content (AvgIpc) is 3.56. The molecule has 3 heterocycles. The third kappa shape index (κ3) is 5.06. The molecule has 0 radical (unpaired) electrons. The number of fused-ring (bicyclic) bond motifs is 3. The first-order valence-electron chi connectivity index (χ1n) is 14.9. The molecule has 0 unspecified atom stereocenters. The zero-order valence-corrected chi connectivity index (χ0v) is 25.7. The predicted octanol–water partition coefficient (Wildman–Crippen LogP) is 6.93. The molecule has 1 aliphatic carbocycles. The summed E-state index contributed by atoms with van der Waals surface area (Å²) in [7, 11) is 1.60. The van der Waals surface area contributed by atoms with Gasteiger partial charge in [-0.2, -0.15) is 0 Å². The summed E-state index contributed by atoms with van der Waals surface area (Å²) in [4.78, 5) is 38.3. The smallest absolute Gasteiger partial charge is 0.341 e. The van der Waals surface area contributed by atoms with Crippen LogP contribution in [0.1, 0.15) is 56.0 Å². The highest BCUT2D eigenvalue weighted by atomic mass is 32.1. The molecule has 0 bridgehead atoms. The lowest BCUT2D eigenvalue weighted by Gasteiger charge is -2.23. The number of nitrogens with zero attached hydrogens (tertiary/aromatic N) is 3. The van der Waals surface area contributed by atoms with Crippen LogP contribution in [0.3, 0.4) is 0 Å². The summed E-state index contributed by atoms with van der Waals surface area (Å²) >= 11 is 1.43. The van der Waals surface area contributed by atoms with Crippen molar-refractivity contribution >= 4 is 56.2 Å². The maximum Gasteiger partial charge on any atom is 0.341 e. The monoisotopic (exact) mass is 617 g/mol. The van der Waals surface area contributed by atoms with Crippen LogP contribution in [-0.2, 0) is 17.6 Å². The van der Waals surface area contributed by atoms with Crippen LogP contribution in [0, 0.1) is 0 Å². The van der Waals surface area contributed by atoms with E-state index in [2.05, 4.69) is 17.4 Å². The summed E-state index contributed by atoms with van der Waals surface area (Å²) < 4.78 is 12.5. The summed E-state index contributed by atoms with van der Waals surface area (Å²) in [6.07, 6.45) is 2.40. The summed E-state index contributed by atoms with van der Waals surface area (Å²) in [6.45, 7) is 2.01. The summed E-state index contributed by atoms with van der Waals surface area (Å²) in [6, 6.07) is 25.2. The lowest BCUT2D eigenvalue weighted by Crippen LogP contribution is -2.18. The van der Waals surface area contributed by atoms with Gasteiger partial charge in [-0.1, -0.05) is 42.5 Å². The van der Waals surface area contributed by atoms with Gasteiger partial charge in [0.25, 0.3) is 5.91 Å². The Labute approximate surface area is 263 Å². The highest BCUT2D eigenvalue weighted by molar-refractivity contribution is 7.17. The number of anilines is 2. The number of carbonyl (C=O) groups is 2. The zero-order chi connectivity index (χ0) is 31.1. The van der Waals surface area contributed by atoms with Gasteiger partial charge >= 0.3 is 5.97 Å². The number of hydrogen-bond acceptors (Lipinski definition) is 8. The molecule has 9 nitrogen and oxygen atoms in total. The molecule has 3 aromatic heterocycles. The van der Waals surface area contributed by atoms with E-state index in [0.29, 0.717) is 56.5 Å². The number of nitrogens with one attached hydrogen (secondary N) is 1. The van der Waals surface area contributed by atoms with Crippen molar-refractivity contribution in [1.82, 2.24) is 14.5 Å². The number of methoxy groups -OCH3 is 1. The number of carbonyl (C=O) groups excluding carboxylic acids is 2. The molecule has 0 saturated carbocycles. The van der Waals surface area contributed by atoms with Gasteiger partial charge in [-0.15, -0.1) is 11.3 Å². The van der Waals surface area contributed by atoms with Crippen LogP contribution in [0.15, 0.2) is 78.9 Å². The number of benzene rings is 3. The Kier molecular flexibility index (Phi) is 7.42. The summed E-state index contributed by atoms with van der Waals surface area (Å²) in [5.41, 5.74) is 12.4. The number of thiophene rings is 1. The number of hydrogen-bond donors (Lipinski definition) is 2. The van der Waals surface area contributed by atoms with E-state index in [1.165, 1.54) is 16.9 Å². The lowest BCUT2D eigenvalue weighted by atomic mass is 9.83. The normalized spacial score (nSPS) is 14.3. The second-order valence-corrected chi connectivity index (χ2v) is 12.0. The van der Waals surface area contributed by atoms with Gasteiger partial charge in [0, 0.05) is 10.6 Å². The third-order valence-electron chi connectivity index (χ3n) is 8.30. The van der Waals surface area contributed by atoms with Gasteiger partial charge < -0.3 is 20.5 Å². The van der Waals surface area contributed by atoms with Crippen molar-refractivity contribution in [3.8, 4) is 11.4 Å². The van der Waals surface area contributed by atoms with Gasteiger partial charge in [0.2, 0.25) is 0 Å². The number of amides is 1. The van der Waals surface area contributed by atoms with Crippen molar-refractivity contribution in [2.75, 3.05) is 24.8 Å². The number of rotatable bonds is 7. The Morgan fingerprint density at radius 3 is 2.40 bits per heavy atom. The Morgan fingerprint density at radius 2 is 1.69 bits per heavy atom. The SMILES string of the molecule is CCOC(=O)c1c(NC(=O)c2c(N)n(-c3ccc(OC)cc3)c3nc4ccccc4nc23)sc2c1CC[C@H](c1ccccc1)C2. The zero-order valence-electron chi connectivity index (χ0n) is 24.9. The number of para-hydroxylation sites is 2. The maximum atomic E-state index is 14.2. The van der Waals surface area contributed by atoms with E-state index < -0.39 is 11.9 Å². The fraction of sp³-hybridized carbons (Fsp3) is 0.200. The Balaban J connectivity index is 1.33. The summed E-state index contributed by atoms with van der Waals surface area (Å²) in [5, 5.41) is 3.49. The van der Waals surface area contributed by atoms with Gasteiger partial charge in [0.05, 0.1) is 30.3 Å². The van der Waals surface area contributed by atoms with E-state index in [-0.39, 0.29) is 18.0 Å². The minimum atomic E-state index is -0.474. The number of aromatic nitrogens is 3. The van der Waals surface area contributed by atoms with Crippen molar-refractivity contribution in [1.29, 1.82) is 0 Å². The van der Waals surface area contributed by atoms with Crippen molar-refractivity contribution in [3.05, 3.63) is 106 Å².